The van der Waals surface area contributed by atoms with Crippen LogP contribution in [-0.2, 0) is 11.3 Å². The molecule has 0 unspecified atom stereocenters. The van der Waals surface area contributed by atoms with E-state index in [4.69, 9.17) is 0 Å². The van der Waals surface area contributed by atoms with Crippen LogP contribution in [0.5, 0.6) is 0 Å². The van der Waals surface area contributed by atoms with Gasteiger partial charge in [0, 0.05) is 22.2 Å². The molecule has 0 fully saturated rings. The van der Waals surface area contributed by atoms with Gasteiger partial charge in [0.05, 0.1) is 11.4 Å². The Kier molecular flexibility index (Phi) is 5.22. The van der Waals surface area contributed by atoms with Crippen molar-refractivity contribution in [3.63, 3.8) is 0 Å². The molecule has 0 saturated heterocycles. The molecule has 0 aliphatic heterocycles. The lowest BCUT2D eigenvalue weighted by Crippen LogP contribution is -2.29. The van der Waals surface area contributed by atoms with Crippen molar-refractivity contribution in [3.8, 4) is 11.3 Å². The number of anilines is 1. The van der Waals surface area contributed by atoms with Gasteiger partial charge >= 0.3 is 0 Å². The largest absolute Gasteiger partial charge is 0.322 e. The van der Waals surface area contributed by atoms with E-state index in [2.05, 4.69) is 26.3 Å². The van der Waals surface area contributed by atoms with Crippen molar-refractivity contribution in [2.24, 2.45) is 0 Å². The Bertz CT molecular complexity index is 1020. The van der Waals surface area contributed by atoms with Gasteiger partial charge in [-0.15, -0.1) is 0 Å². The highest BCUT2D eigenvalue weighted by Crippen LogP contribution is 2.19. The Labute approximate surface area is 155 Å². The van der Waals surface area contributed by atoms with E-state index in [-0.39, 0.29) is 5.69 Å². The van der Waals surface area contributed by atoms with Crippen LogP contribution in [0.3, 0.4) is 0 Å². The standard InChI is InChI=1S/C18H12BrF2N3O2/c19-12-3-1-11(2-4-12)15-7-8-18(26)24(23-15)10-17(25)22-16-6-5-13(20)9-14(16)21/h1-9H,10H2,(H,22,25). The van der Waals surface area contributed by atoms with E-state index in [9.17, 15) is 18.4 Å². The minimum Gasteiger partial charge on any atom is -0.322 e. The van der Waals surface area contributed by atoms with Gasteiger partial charge in [0.1, 0.15) is 18.2 Å². The number of nitrogens with one attached hydrogen (secondary N) is 1. The molecule has 1 amide bonds. The molecule has 1 heterocycles. The first-order valence-electron chi connectivity index (χ1n) is 7.51. The molecule has 0 aliphatic rings. The Morgan fingerprint density at radius 2 is 1.81 bits per heavy atom. The van der Waals surface area contributed by atoms with E-state index >= 15 is 0 Å². The molecule has 0 aliphatic carbocycles. The van der Waals surface area contributed by atoms with Gasteiger partial charge < -0.3 is 5.32 Å². The van der Waals surface area contributed by atoms with E-state index in [0.717, 1.165) is 26.9 Å². The Balaban J connectivity index is 1.80. The van der Waals surface area contributed by atoms with Crippen LogP contribution in [0.25, 0.3) is 11.3 Å². The van der Waals surface area contributed by atoms with Gasteiger partial charge in [-0.1, -0.05) is 28.1 Å². The third-order valence-corrected chi connectivity index (χ3v) is 4.03. The first-order valence-corrected chi connectivity index (χ1v) is 8.31. The quantitative estimate of drug-likeness (QED) is 0.702. The summed E-state index contributed by atoms with van der Waals surface area (Å²) < 4.78 is 28.4. The van der Waals surface area contributed by atoms with Crippen molar-refractivity contribution in [2.75, 3.05) is 5.32 Å². The first-order chi connectivity index (χ1) is 12.4. The molecule has 2 aromatic carbocycles. The summed E-state index contributed by atoms with van der Waals surface area (Å²) in [6, 6.07) is 12.9. The van der Waals surface area contributed by atoms with Crippen LogP contribution in [0, 0.1) is 11.6 Å². The van der Waals surface area contributed by atoms with Crippen LogP contribution in [0.2, 0.25) is 0 Å². The summed E-state index contributed by atoms with van der Waals surface area (Å²) in [6.07, 6.45) is 0. The molecule has 0 bridgehead atoms. The summed E-state index contributed by atoms with van der Waals surface area (Å²) in [4.78, 5) is 24.0. The number of halogens is 3. The third-order valence-electron chi connectivity index (χ3n) is 3.51. The second kappa shape index (κ2) is 7.57. The second-order valence-electron chi connectivity index (χ2n) is 5.39. The number of amides is 1. The zero-order valence-corrected chi connectivity index (χ0v) is 14.8. The molecular formula is C18H12BrF2N3O2. The van der Waals surface area contributed by atoms with Gasteiger partial charge in [0.15, 0.2) is 0 Å². The summed E-state index contributed by atoms with van der Waals surface area (Å²) in [5.74, 6) is -2.30. The normalized spacial score (nSPS) is 10.6. The van der Waals surface area contributed by atoms with E-state index in [1.54, 1.807) is 6.07 Å². The molecule has 3 rings (SSSR count). The summed E-state index contributed by atoms with van der Waals surface area (Å²) in [5.41, 5.74) is 0.638. The van der Waals surface area contributed by atoms with Crippen molar-refractivity contribution in [1.82, 2.24) is 9.78 Å². The van der Waals surface area contributed by atoms with Crippen molar-refractivity contribution < 1.29 is 13.6 Å². The van der Waals surface area contributed by atoms with Crippen LogP contribution < -0.4 is 10.9 Å². The van der Waals surface area contributed by atoms with Crippen molar-refractivity contribution in [2.45, 2.75) is 6.54 Å². The van der Waals surface area contributed by atoms with E-state index < -0.39 is 29.6 Å². The maximum absolute atomic E-state index is 13.6. The summed E-state index contributed by atoms with van der Waals surface area (Å²) in [5, 5.41) is 6.46. The molecule has 3 aromatic rings. The summed E-state index contributed by atoms with van der Waals surface area (Å²) >= 11 is 3.34. The van der Waals surface area contributed by atoms with Gasteiger partial charge in [0.25, 0.3) is 5.56 Å². The van der Waals surface area contributed by atoms with Crippen molar-refractivity contribution in [1.29, 1.82) is 0 Å². The molecular weight excluding hydrogens is 408 g/mol. The van der Waals surface area contributed by atoms with Gasteiger partial charge in [-0.2, -0.15) is 5.10 Å². The smallest absolute Gasteiger partial charge is 0.267 e. The minimum absolute atomic E-state index is 0.173. The fourth-order valence-electron chi connectivity index (χ4n) is 2.25. The maximum Gasteiger partial charge on any atom is 0.267 e. The molecule has 1 aromatic heterocycles. The van der Waals surface area contributed by atoms with Crippen LogP contribution in [0.4, 0.5) is 14.5 Å². The lowest BCUT2D eigenvalue weighted by molar-refractivity contribution is -0.117. The predicted molar refractivity (Wildman–Crippen MR) is 96.6 cm³/mol. The summed E-state index contributed by atoms with van der Waals surface area (Å²) in [6.45, 7) is -0.403. The molecule has 0 saturated carbocycles. The van der Waals surface area contributed by atoms with E-state index in [0.29, 0.717) is 11.8 Å². The number of benzene rings is 2. The average molecular weight is 420 g/mol. The Morgan fingerprint density at radius 3 is 2.50 bits per heavy atom. The molecule has 132 valence electrons. The predicted octanol–water partition coefficient (Wildman–Crippen LogP) is 3.59. The van der Waals surface area contributed by atoms with Gasteiger partial charge in [0.2, 0.25) is 5.91 Å². The second-order valence-corrected chi connectivity index (χ2v) is 6.31. The summed E-state index contributed by atoms with van der Waals surface area (Å²) in [7, 11) is 0. The fraction of sp³-hybridized carbons (Fsp3) is 0.0556. The number of hydrogen-bond donors (Lipinski definition) is 1. The lowest BCUT2D eigenvalue weighted by atomic mass is 10.1. The topological polar surface area (TPSA) is 64.0 Å². The van der Waals surface area contributed by atoms with Crippen molar-refractivity contribution >= 4 is 27.5 Å². The molecule has 5 nitrogen and oxygen atoms in total. The fourth-order valence-corrected chi connectivity index (χ4v) is 2.52. The van der Waals surface area contributed by atoms with Crippen LogP contribution >= 0.6 is 15.9 Å². The monoisotopic (exact) mass is 419 g/mol. The lowest BCUT2D eigenvalue weighted by Gasteiger charge is -2.09. The van der Waals surface area contributed by atoms with Crippen LogP contribution in [0.1, 0.15) is 0 Å². The number of nitrogens with zero attached hydrogens (tertiary/aromatic N) is 2. The van der Waals surface area contributed by atoms with E-state index in [1.165, 1.54) is 6.07 Å². The van der Waals surface area contributed by atoms with Gasteiger partial charge in [-0.05, 0) is 30.3 Å². The highest BCUT2D eigenvalue weighted by atomic mass is 79.9. The van der Waals surface area contributed by atoms with Gasteiger partial charge in [-0.3, -0.25) is 9.59 Å². The van der Waals surface area contributed by atoms with Gasteiger partial charge in [-0.25, -0.2) is 13.5 Å². The average Bonchev–Trinajstić information content (AvgIpc) is 2.60. The van der Waals surface area contributed by atoms with E-state index in [1.807, 2.05) is 24.3 Å². The van der Waals surface area contributed by atoms with Crippen molar-refractivity contribution in [3.05, 3.63) is 81.1 Å². The Morgan fingerprint density at radius 1 is 1.08 bits per heavy atom. The zero-order chi connectivity index (χ0) is 18.7. The number of hydrogen-bond acceptors (Lipinski definition) is 3. The SMILES string of the molecule is O=C(Cn1nc(-c2ccc(Br)cc2)ccc1=O)Nc1ccc(F)cc1F. The highest BCUT2D eigenvalue weighted by Gasteiger charge is 2.11. The van der Waals surface area contributed by atoms with Crippen LogP contribution in [0.15, 0.2) is 63.9 Å². The number of rotatable bonds is 4. The number of aromatic nitrogens is 2. The molecule has 8 heteroatoms. The molecule has 1 N–H and O–H groups in total. The number of carbonyl (C=O) groups excluding carboxylic acids is 1. The first kappa shape index (κ1) is 17.9. The maximum atomic E-state index is 13.6. The highest BCUT2D eigenvalue weighted by molar-refractivity contribution is 9.10. The zero-order valence-electron chi connectivity index (χ0n) is 13.2. The number of carbonyl (C=O) groups is 1. The van der Waals surface area contributed by atoms with Crippen LogP contribution in [-0.4, -0.2) is 15.7 Å². The molecule has 0 radical (unpaired) electrons. The molecule has 0 spiro atoms. The molecule has 0 atom stereocenters. The minimum atomic E-state index is -0.901. The Hall–Kier alpha value is -2.87. The third kappa shape index (κ3) is 4.20. The molecule has 26 heavy (non-hydrogen) atoms.